The molecule has 0 amide bonds. The fourth-order valence-electron chi connectivity index (χ4n) is 2.10. The molecule has 1 heterocycles. The van der Waals surface area contributed by atoms with Gasteiger partial charge in [-0.25, -0.2) is 0 Å². The first-order chi connectivity index (χ1) is 10.6. The second-order valence-corrected chi connectivity index (χ2v) is 4.50. The zero-order valence-corrected chi connectivity index (χ0v) is 11.9. The molecule has 2 aromatic rings. The van der Waals surface area contributed by atoms with Crippen molar-refractivity contribution in [1.82, 2.24) is 4.57 Å². The van der Waals surface area contributed by atoms with Crippen molar-refractivity contribution in [3.63, 3.8) is 0 Å². The van der Waals surface area contributed by atoms with E-state index in [4.69, 9.17) is 10.00 Å². The van der Waals surface area contributed by atoms with Crippen LogP contribution in [0.4, 0.5) is 5.69 Å². The molecule has 0 fully saturated rings. The summed E-state index contributed by atoms with van der Waals surface area (Å²) in [5.41, 5.74) is 0.554. The molecule has 7 nitrogen and oxygen atoms in total. The Morgan fingerprint density at radius 2 is 2.14 bits per heavy atom. The summed E-state index contributed by atoms with van der Waals surface area (Å²) in [5, 5.41) is 19.8. The summed E-state index contributed by atoms with van der Waals surface area (Å²) in [6, 6.07) is 10.9. The van der Waals surface area contributed by atoms with Crippen LogP contribution >= 0.6 is 0 Å². The minimum atomic E-state index is -0.495. The summed E-state index contributed by atoms with van der Waals surface area (Å²) in [6.07, 6.45) is 0. The number of ether oxygens (including phenoxy) is 1. The van der Waals surface area contributed by atoms with E-state index in [0.29, 0.717) is 11.3 Å². The largest absolute Gasteiger partial charge is 0.383 e. The SMILES string of the molecule is COCCn1c(-c2cccc([N+](=O)[O-])c2)ccc(C#N)c1=O. The molecule has 0 saturated carbocycles. The van der Waals surface area contributed by atoms with Crippen molar-refractivity contribution in [2.45, 2.75) is 6.54 Å². The fourth-order valence-corrected chi connectivity index (χ4v) is 2.10. The molecule has 2 rings (SSSR count). The van der Waals surface area contributed by atoms with E-state index in [1.807, 2.05) is 6.07 Å². The third-order valence-corrected chi connectivity index (χ3v) is 3.17. The van der Waals surface area contributed by atoms with Gasteiger partial charge in [-0.1, -0.05) is 12.1 Å². The van der Waals surface area contributed by atoms with Crippen LogP contribution in [0.5, 0.6) is 0 Å². The summed E-state index contributed by atoms with van der Waals surface area (Å²) in [5.74, 6) is 0. The van der Waals surface area contributed by atoms with Crippen molar-refractivity contribution in [2.24, 2.45) is 0 Å². The first-order valence-electron chi connectivity index (χ1n) is 6.46. The molecule has 0 aliphatic carbocycles. The van der Waals surface area contributed by atoms with Gasteiger partial charge in [-0.3, -0.25) is 14.9 Å². The number of methoxy groups -OCH3 is 1. The van der Waals surface area contributed by atoms with Crippen LogP contribution in [0.1, 0.15) is 5.56 Å². The van der Waals surface area contributed by atoms with Crippen molar-refractivity contribution in [3.05, 3.63) is 62.4 Å². The van der Waals surface area contributed by atoms with Crippen LogP contribution in [-0.2, 0) is 11.3 Å². The first-order valence-corrected chi connectivity index (χ1v) is 6.46. The van der Waals surface area contributed by atoms with Crippen LogP contribution < -0.4 is 5.56 Å². The lowest BCUT2D eigenvalue weighted by atomic mass is 10.1. The molecule has 0 unspecified atom stereocenters. The summed E-state index contributed by atoms with van der Waals surface area (Å²) >= 11 is 0. The van der Waals surface area contributed by atoms with E-state index in [2.05, 4.69) is 0 Å². The number of benzene rings is 1. The molecule has 0 atom stereocenters. The van der Waals surface area contributed by atoms with Gasteiger partial charge in [0.1, 0.15) is 11.6 Å². The van der Waals surface area contributed by atoms with Gasteiger partial charge in [0.05, 0.1) is 17.2 Å². The number of nitro benzene ring substituents is 1. The van der Waals surface area contributed by atoms with Crippen molar-refractivity contribution in [3.8, 4) is 17.3 Å². The number of hydrogen-bond donors (Lipinski definition) is 0. The lowest BCUT2D eigenvalue weighted by molar-refractivity contribution is -0.384. The van der Waals surface area contributed by atoms with E-state index in [0.717, 1.165) is 0 Å². The smallest absolute Gasteiger partial charge is 0.270 e. The molecule has 112 valence electrons. The predicted molar refractivity (Wildman–Crippen MR) is 79.4 cm³/mol. The molecule has 0 bridgehead atoms. The molecule has 0 N–H and O–H groups in total. The van der Waals surface area contributed by atoms with Gasteiger partial charge in [-0.2, -0.15) is 5.26 Å². The van der Waals surface area contributed by atoms with E-state index in [1.165, 1.54) is 29.9 Å². The van der Waals surface area contributed by atoms with Crippen LogP contribution in [0.25, 0.3) is 11.3 Å². The van der Waals surface area contributed by atoms with Gasteiger partial charge in [-0.05, 0) is 12.1 Å². The number of nitro groups is 1. The average Bonchev–Trinajstić information content (AvgIpc) is 2.53. The van der Waals surface area contributed by atoms with Crippen LogP contribution in [0.15, 0.2) is 41.2 Å². The Hall–Kier alpha value is -2.98. The zero-order chi connectivity index (χ0) is 16.1. The average molecular weight is 299 g/mol. The summed E-state index contributed by atoms with van der Waals surface area (Å²) in [4.78, 5) is 22.7. The second kappa shape index (κ2) is 6.65. The highest BCUT2D eigenvalue weighted by molar-refractivity contribution is 5.63. The number of pyridine rings is 1. The monoisotopic (exact) mass is 299 g/mol. The standard InChI is InChI=1S/C15H13N3O4/c1-22-8-7-17-14(6-5-12(10-16)15(17)19)11-3-2-4-13(9-11)18(20)21/h2-6,9H,7-8H2,1H3. The fraction of sp³-hybridized carbons (Fsp3) is 0.200. The van der Waals surface area contributed by atoms with Gasteiger partial charge in [0.2, 0.25) is 0 Å². The third kappa shape index (κ3) is 3.02. The van der Waals surface area contributed by atoms with Crippen molar-refractivity contribution >= 4 is 5.69 Å². The highest BCUT2D eigenvalue weighted by Crippen LogP contribution is 2.23. The maximum atomic E-state index is 12.3. The van der Waals surface area contributed by atoms with Gasteiger partial charge >= 0.3 is 0 Å². The molecular weight excluding hydrogens is 286 g/mol. The molecular formula is C15H13N3O4. The van der Waals surface area contributed by atoms with Crippen LogP contribution in [0.3, 0.4) is 0 Å². The quantitative estimate of drug-likeness (QED) is 0.620. The molecule has 7 heteroatoms. The topological polar surface area (TPSA) is 98.2 Å². The van der Waals surface area contributed by atoms with Crippen LogP contribution in [0, 0.1) is 21.4 Å². The molecule has 0 aliphatic heterocycles. The van der Waals surface area contributed by atoms with Crippen LogP contribution in [-0.4, -0.2) is 23.2 Å². The van der Waals surface area contributed by atoms with E-state index < -0.39 is 10.5 Å². The molecule has 1 aromatic carbocycles. The number of hydrogen-bond acceptors (Lipinski definition) is 5. The van der Waals surface area contributed by atoms with Gasteiger partial charge < -0.3 is 9.30 Å². The highest BCUT2D eigenvalue weighted by atomic mass is 16.6. The maximum absolute atomic E-state index is 12.3. The van der Waals surface area contributed by atoms with E-state index in [-0.39, 0.29) is 24.4 Å². The lowest BCUT2D eigenvalue weighted by Crippen LogP contribution is -2.25. The number of aromatic nitrogens is 1. The first kappa shape index (κ1) is 15.4. The summed E-state index contributed by atoms with van der Waals surface area (Å²) < 4.78 is 6.37. The normalized spacial score (nSPS) is 10.2. The zero-order valence-electron chi connectivity index (χ0n) is 11.9. The lowest BCUT2D eigenvalue weighted by Gasteiger charge is -2.13. The highest BCUT2D eigenvalue weighted by Gasteiger charge is 2.13. The van der Waals surface area contributed by atoms with E-state index >= 15 is 0 Å². The Balaban J connectivity index is 2.62. The van der Waals surface area contributed by atoms with Gasteiger partial charge in [0.25, 0.3) is 11.2 Å². The number of nitriles is 1. The Labute approximate surface area is 126 Å². The molecule has 1 aromatic heterocycles. The minimum absolute atomic E-state index is 0.0188. The van der Waals surface area contributed by atoms with Crippen molar-refractivity contribution < 1.29 is 9.66 Å². The van der Waals surface area contributed by atoms with Gasteiger partial charge in [0, 0.05) is 31.4 Å². The Morgan fingerprint density at radius 3 is 2.77 bits per heavy atom. The number of rotatable bonds is 5. The predicted octanol–water partition coefficient (Wildman–Crippen LogP) is 1.94. The Bertz CT molecular complexity index is 805. The third-order valence-electron chi connectivity index (χ3n) is 3.17. The second-order valence-electron chi connectivity index (χ2n) is 4.50. The molecule has 0 saturated heterocycles. The van der Waals surface area contributed by atoms with E-state index in [9.17, 15) is 14.9 Å². The van der Waals surface area contributed by atoms with Crippen molar-refractivity contribution in [1.29, 1.82) is 5.26 Å². The number of non-ortho nitro benzene ring substituents is 1. The number of nitrogens with zero attached hydrogens (tertiary/aromatic N) is 3. The van der Waals surface area contributed by atoms with E-state index in [1.54, 1.807) is 18.2 Å². The molecule has 0 spiro atoms. The van der Waals surface area contributed by atoms with Crippen molar-refractivity contribution in [2.75, 3.05) is 13.7 Å². The Morgan fingerprint density at radius 1 is 1.36 bits per heavy atom. The van der Waals surface area contributed by atoms with Gasteiger partial charge in [-0.15, -0.1) is 0 Å². The summed E-state index contributed by atoms with van der Waals surface area (Å²) in [7, 11) is 1.51. The van der Waals surface area contributed by atoms with Gasteiger partial charge in [0.15, 0.2) is 0 Å². The molecule has 0 radical (unpaired) electrons. The Kier molecular flexibility index (Phi) is 4.66. The summed E-state index contributed by atoms with van der Waals surface area (Å²) in [6.45, 7) is 0.541. The molecule has 0 aliphatic rings. The van der Waals surface area contributed by atoms with Crippen LogP contribution in [0.2, 0.25) is 0 Å². The maximum Gasteiger partial charge on any atom is 0.270 e. The molecule has 22 heavy (non-hydrogen) atoms. The minimum Gasteiger partial charge on any atom is -0.383 e.